The molecule has 0 aliphatic carbocycles. The van der Waals surface area contributed by atoms with E-state index in [0.717, 1.165) is 12.5 Å². The number of nitrogens with zero attached hydrogens (tertiary/aromatic N) is 2. The molecule has 0 fully saturated rings. The first-order valence-electron chi connectivity index (χ1n) is 5.34. The van der Waals surface area contributed by atoms with E-state index in [-0.39, 0.29) is 0 Å². The molecule has 0 radical (unpaired) electrons. The maximum absolute atomic E-state index is 4.51. The minimum Gasteiger partial charge on any atom is -0.353 e. The third kappa shape index (κ3) is 4.17. The molecule has 0 spiro atoms. The fraction of sp³-hybridized carbons (Fsp3) is 0.308. The highest BCUT2D eigenvalue weighted by atomic mass is 15.3. The molecule has 0 saturated heterocycles. The number of guanidine groups is 1. The van der Waals surface area contributed by atoms with Gasteiger partial charge in [-0.15, -0.1) is 6.58 Å². The number of nitrogens with one attached hydrogen (secondary N) is 1. The van der Waals surface area contributed by atoms with Crippen LogP contribution in [0.4, 0.5) is 0 Å². The molecule has 3 nitrogen and oxygen atoms in total. The number of rotatable bonds is 4. The second-order valence-electron chi connectivity index (χ2n) is 3.69. The van der Waals surface area contributed by atoms with Crippen LogP contribution in [0.3, 0.4) is 0 Å². The molecule has 0 aliphatic rings. The Morgan fingerprint density at radius 1 is 1.38 bits per heavy atom. The van der Waals surface area contributed by atoms with Gasteiger partial charge in [-0.25, -0.2) is 4.99 Å². The van der Waals surface area contributed by atoms with Gasteiger partial charge in [0.1, 0.15) is 0 Å². The Morgan fingerprint density at radius 3 is 2.62 bits per heavy atom. The zero-order valence-corrected chi connectivity index (χ0v) is 9.98. The molecule has 1 aromatic carbocycles. The lowest BCUT2D eigenvalue weighted by Crippen LogP contribution is -2.36. The Bertz CT molecular complexity index is 341. The van der Waals surface area contributed by atoms with Gasteiger partial charge in [0.05, 0.1) is 6.54 Å². The third-order valence-corrected chi connectivity index (χ3v) is 2.08. The minimum atomic E-state index is 0.693. The fourth-order valence-electron chi connectivity index (χ4n) is 1.27. The van der Waals surface area contributed by atoms with Crippen LogP contribution in [0.15, 0.2) is 48.0 Å². The van der Waals surface area contributed by atoms with Crippen molar-refractivity contribution < 1.29 is 0 Å². The molecule has 0 saturated carbocycles. The van der Waals surface area contributed by atoms with E-state index in [1.165, 1.54) is 5.56 Å². The van der Waals surface area contributed by atoms with E-state index >= 15 is 0 Å². The van der Waals surface area contributed by atoms with E-state index < -0.39 is 0 Å². The highest BCUT2D eigenvalue weighted by Gasteiger charge is 1.99. The quantitative estimate of drug-likeness (QED) is 0.474. The molecular formula is C13H19N3. The average molecular weight is 217 g/mol. The van der Waals surface area contributed by atoms with Crippen LogP contribution < -0.4 is 5.32 Å². The van der Waals surface area contributed by atoms with Gasteiger partial charge in [-0.05, 0) is 5.56 Å². The third-order valence-electron chi connectivity index (χ3n) is 2.08. The second kappa shape index (κ2) is 6.67. The van der Waals surface area contributed by atoms with Gasteiger partial charge in [0.25, 0.3) is 0 Å². The summed E-state index contributed by atoms with van der Waals surface area (Å²) in [6.45, 7) is 5.10. The Hall–Kier alpha value is -1.77. The summed E-state index contributed by atoms with van der Waals surface area (Å²) in [6, 6.07) is 10.2. The lowest BCUT2D eigenvalue weighted by Gasteiger charge is -2.16. The number of hydrogen-bond donors (Lipinski definition) is 1. The van der Waals surface area contributed by atoms with Gasteiger partial charge in [-0.1, -0.05) is 36.4 Å². The van der Waals surface area contributed by atoms with Crippen molar-refractivity contribution in [2.24, 2.45) is 4.99 Å². The molecular weight excluding hydrogens is 198 g/mol. The van der Waals surface area contributed by atoms with E-state index in [1.807, 2.05) is 43.3 Å². The Kier molecular flexibility index (Phi) is 5.12. The summed E-state index contributed by atoms with van der Waals surface area (Å²) in [6.07, 6.45) is 1.82. The molecule has 16 heavy (non-hydrogen) atoms. The molecule has 0 aromatic heterocycles. The van der Waals surface area contributed by atoms with Gasteiger partial charge in [-0.3, -0.25) is 0 Å². The van der Waals surface area contributed by atoms with Crippen LogP contribution in [-0.4, -0.2) is 31.5 Å². The van der Waals surface area contributed by atoms with Gasteiger partial charge in [0, 0.05) is 20.6 Å². The summed E-state index contributed by atoms with van der Waals surface area (Å²) in [4.78, 5) is 6.48. The number of benzene rings is 1. The smallest absolute Gasteiger partial charge is 0.193 e. The number of hydrogen-bond acceptors (Lipinski definition) is 1. The molecule has 86 valence electrons. The molecule has 0 unspecified atom stereocenters. The summed E-state index contributed by atoms with van der Waals surface area (Å²) in [5, 5.41) is 3.20. The van der Waals surface area contributed by atoms with Crippen LogP contribution in [0.2, 0.25) is 0 Å². The normalized spacial score (nSPS) is 11.0. The van der Waals surface area contributed by atoms with Gasteiger partial charge in [0.15, 0.2) is 5.96 Å². The fourth-order valence-corrected chi connectivity index (χ4v) is 1.27. The van der Waals surface area contributed by atoms with E-state index in [4.69, 9.17) is 0 Å². The maximum atomic E-state index is 4.51. The first-order chi connectivity index (χ1) is 7.74. The van der Waals surface area contributed by atoms with Crippen LogP contribution in [-0.2, 0) is 6.54 Å². The molecule has 0 bridgehead atoms. The number of aliphatic imine (C=N–C) groups is 1. The van der Waals surface area contributed by atoms with Crippen LogP contribution >= 0.6 is 0 Å². The first kappa shape index (κ1) is 12.3. The van der Waals surface area contributed by atoms with E-state index in [9.17, 15) is 0 Å². The van der Waals surface area contributed by atoms with Gasteiger partial charge in [0.2, 0.25) is 0 Å². The van der Waals surface area contributed by atoms with Crippen molar-refractivity contribution in [1.29, 1.82) is 0 Å². The van der Waals surface area contributed by atoms with Crippen molar-refractivity contribution in [2.75, 3.05) is 20.6 Å². The predicted molar refractivity (Wildman–Crippen MR) is 69.5 cm³/mol. The molecule has 1 N–H and O–H groups in total. The summed E-state index contributed by atoms with van der Waals surface area (Å²) in [5.41, 5.74) is 1.21. The van der Waals surface area contributed by atoms with E-state index in [1.54, 1.807) is 0 Å². The predicted octanol–water partition coefficient (Wildman–Crippen LogP) is 1.88. The van der Waals surface area contributed by atoms with Gasteiger partial charge < -0.3 is 10.2 Å². The maximum Gasteiger partial charge on any atom is 0.193 e. The highest BCUT2D eigenvalue weighted by Crippen LogP contribution is 2.00. The Labute approximate surface area is 97.5 Å². The zero-order valence-electron chi connectivity index (χ0n) is 9.98. The SMILES string of the molecule is C=CCNC(=NCc1ccccc1)N(C)C. The minimum absolute atomic E-state index is 0.693. The van der Waals surface area contributed by atoms with Crippen LogP contribution in [0.25, 0.3) is 0 Å². The molecule has 0 atom stereocenters. The van der Waals surface area contributed by atoms with Crippen molar-refractivity contribution in [1.82, 2.24) is 10.2 Å². The van der Waals surface area contributed by atoms with Crippen LogP contribution in [0.1, 0.15) is 5.56 Å². The van der Waals surface area contributed by atoms with Crippen molar-refractivity contribution in [3.63, 3.8) is 0 Å². The summed E-state index contributed by atoms with van der Waals surface area (Å²) >= 11 is 0. The first-order valence-corrected chi connectivity index (χ1v) is 5.34. The molecule has 1 aromatic rings. The summed E-state index contributed by atoms with van der Waals surface area (Å²) in [5.74, 6) is 0.878. The Balaban J connectivity index is 2.60. The lowest BCUT2D eigenvalue weighted by molar-refractivity contribution is 0.586. The molecule has 1 rings (SSSR count). The molecule has 0 heterocycles. The van der Waals surface area contributed by atoms with E-state index in [0.29, 0.717) is 6.54 Å². The van der Waals surface area contributed by atoms with Crippen LogP contribution in [0.5, 0.6) is 0 Å². The van der Waals surface area contributed by atoms with Crippen LogP contribution in [0, 0.1) is 0 Å². The Morgan fingerprint density at radius 2 is 2.06 bits per heavy atom. The molecule has 0 aliphatic heterocycles. The van der Waals surface area contributed by atoms with Gasteiger partial charge >= 0.3 is 0 Å². The van der Waals surface area contributed by atoms with E-state index in [2.05, 4.69) is 29.0 Å². The summed E-state index contributed by atoms with van der Waals surface area (Å²) < 4.78 is 0. The summed E-state index contributed by atoms with van der Waals surface area (Å²) in [7, 11) is 3.94. The van der Waals surface area contributed by atoms with Crippen molar-refractivity contribution in [2.45, 2.75) is 6.54 Å². The molecule has 0 amide bonds. The lowest BCUT2D eigenvalue weighted by atomic mass is 10.2. The average Bonchev–Trinajstić information content (AvgIpc) is 2.30. The standard InChI is InChI=1S/C13H19N3/c1-4-10-14-13(16(2)3)15-11-12-8-6-5-7-9-12/h4-9H,1,10-11H2,2-3H3,(H,14,15). The van der Waals surface area contributed by atoms with Gasteiger partial charge in [-0.2, -0.15) is 0 Å². The van der Waals surface area contributed by atoms with Crippen molar-refractivity contribution in [3.8, 4) is 0 Å². The van der Waals surface area contributed by atoms with Crippen molar-refractivity contribution >= 4 is 5.96 Å². The topological polar surface area (TPSA) is 27.6 Å². The van der Waals surface area contributed by atoms with Crippen molar-refractivity contribution in [3.05, 3.63) is 48.6 Å². The monoisotopic (exact) mass is 217 g/mol. The second-order valence-corrected chi connectivity index (χ2v) is 3.69. The largest absolute Gasteiger partial charge is 0.353 e. The zero-order chi connectivity index (χ0) is 11.8. The molecule has 3 heteroatoms. The highest BCUT2D eigenvalue weighted by molar-refractivity contribution is 5.79.